The maximum atomic E-state index is 12.2. The predicted molar refractivity (Wildman–Crippen MR) is 85.8 cm³/mol. The summed E-state index contributed by atoms with van der Waals surface area (Å²) in [5.74, 6) is -0.780. The Kier molecular flexibility index (Phi) is 5.40. The van der Waals surface area contributed by atoms with E-state index in [9.17, 15) is 9.59 Å². The smallest absolute Gasteiger partial charge is 0.182 e. The average Bonchev–Trinajstić information content (AvgIpc) is 2.53. The first kappa shape index (κ1) is 16.0. The molecule has 2 aromatic rings. The van der Waals surface area contributed by atoms with Crippen molar-refractivity contribution in [2.24, 2.45) is 0 Å². The average molecular weight is 342 g/mol. The van der Waals surface area contributed by atoms with E-state index in [-0.39, 0.29) is 5.78 Å². The zero-order valence-electron chi connectivity index (χ0n) is 10.8. The monoisotopic (exact) mass is 340 g/mol. The van der Waals surface area contributed by atoms with Crippen LogP contribution in [0, 0.1) is 0 Å². The van der Waals surface area contributed by atoms with Crippen molar-refractivity contribution in [3.8, 4) is 0 Å². The molecule has 0 saturated heterocycles. The molecule has 0 aliphatic carbocycles. The molecule has 0 fully saturated rings. The molecule has 0 spiro atoms. The third-order valence-corrected chi connectivity index (χ3v) is 4.23. The number of carbonyl (C=O) groups is 2. The van der Waals surface area contributed by atoms with Gasteiger partial charge in [0.25, 0.3) is 0 Å². The van der Waals surface area contributed by atoms with E-state index < -0.39 is 16.5 Å². The van der Waals surface area contributed by atoms with Gasteiger partial charge < -0.3 is 0 Å². The van der Waals surface area contributed by atoms with Crippen LogP contribution in [0.3, 0.4) is 0 Å². The predicted octanol–water partition coefficient (Wildman–Crippen LogP) is 4.62. The number of hydrogen-bond donors (Lipinski definition) is 0. The second kappa shape index (κ2) is 7.08. The third kappa shape index (κ3) is 3.85. The highest BCUT2D eigenvalue weighted by Crippen LogP contribution is 2.21. The maximum Gasteiger partial charge on any atom is 0.182 e. The van der Waals surface area contributed by atoms with Crippen LogP contribution in [0.1, 0.15) is 20.7 Å². The van der Waals surface area contributed by atoms with E-state index in [0.29, 0.717) is 16.1 Å². The van der Waals surface area contributed by atoms with E-state index in [1.807, 2.05) is 0 Å². The molecule has 0 aliphatic heterocycles. The van der Waals surface area contributed by atoms with Gasteiger partial charge in [0.05, 0.1) is 0 Å². The molecule has 0 N–H and O–H groups in total. The second-order valence-corrected chi connectivity index (χ2v) is 5.78. The van der Waals surface area contributed by atoms with Gasteiger partial charge in [-0.15, -0.1) is 23.2 Å². The van der Waals surface area contributed by atoms with Crippen molar-refractivity contribution in [1.82, 2.24) is 0 Å². The summed E-state index contributed by atoms with van der Waals surface area (Å²) in [5, 5.41) is -1.75. The fourth-order valence-electron chi connectivity index (χ4n) is 1.80. The maximum absolute atomic E-state index is 12.2. The second-order valence-electron chi connectivity index (χ2n) is 4.40. The van der Waals surface area contributed by atoms with Gasteiger partial charge in [-0.05, 0) is 24.3 Å². The van der Waals surface area contributed by atoms with Crippen LogP contribution in [-0.4, -0.2) is 22.3 Å². The molecule has 0 amide bonds. The lowest BCUT2D eigenvalue weighted by atomic mass is 10.0. The minimum atomic E-state index is -1.14. The van der Waals surface area contributed by atoms with Crippen LogP contribution in [0.15, 0.2) is 54.6 Å². The molecule has 0 radical (unpaired) electrons. The van der Waals surface area contributed by atoms with Gasteiger partial charge in [0, 0.05) is 16.1 Å². The molecule has 2 aromatic carbocycles. The molecule has 21 heavy (non-hydrogen) atoms. The molecule has 0 saturated carbocycles. The highest BCUT2D eigenvalue weighted by atomic mass is 35.5. The molecule has 0 heterocycles. The summed E-state index contributed by atoms with van der Waals surface area (Å²) in [7, 11) is 0. The number of ketones is 2. The lowest BCUT2D eigenvalue weighted by Crippen LogP contribution is -2.32. The van der Waals surface area contributed by atoms with Crippen LogP contribution in [0.4, 0.5) is 0 Å². The summed E-state index contributed by atoms with van der Waals surface area (Å²) >= 11 is 17.9. The first-order chi connectivity index (χ1) is 10.0. The van der Waals surface area contributed by atoms with Crippen molar-refractivity contribution in [2.75, 3.05) is 0 Å². The standard InChI is InChI=1S/C16H11Cl3O2/c17-12-8-6-11(7-9-12)16(21)14(19)13(18)15(20)10-4-2-1-3-5-10/h1-9,13-14H/t13-,14+/m0/s1. The van der Waals surface area contributed by atoms with Crippen LogP contribution < -0.4 is 0 Å². The zero-order chi connectivity index (χ0) is 15.4. The Morgan fingerprint density at radius 2 is 1.14 bits per heavy atom. The molecule has 0 aliphatic rings. The summed E-state index contributed by atoms with van der Waals surface area (Å²) in [6.45, 7) is 0. The Morgan fingerprint density at radius 1 is 0.714 bits per heavy atom. The fraction of sp³-hybridized carbons (Fsp3) is 0.125. The molecule has 2 nitrogen and oxygen atoms in total. The Bertz CT molecular complexity index is 638. The van der Waals surface area contributed by atoms with E-state index in [1.54, 1.807) is 54.6 Å². The van der Waals surface area contributed by atoms with E-state index in [2.05, 4.69) is 0 Å². The van der Waals surface area contributed by atoms with Crippen molar-refractivity contribution in [3.63, 3.8) is 0 Å². The van der Waals surface area contributed by atoms with Gasteiger partial charge in [0.15, 0.2) is 11.6 Å². The lowest BCUT2D eigenvalue weighted by Gasteiger charge is -2.14. The van der Waals surface area contributed by atoms with Gasteiger partial charge in [-0.2, -0.15) is 0 Å². The largest absolute Gasteiger partial charge is 0.292 e. The van der Waals surface area contributed by atoms with Crippen LogP contribution >= 0.6 is 34.8 Å². The first-order valence-electron chi connectivity index (χ1n) is 6.18. The number of benzene rings is 2. The van der Waals surface area contributed by atoms with Crippen LogP contribution in [-0.2, 0) is 0 Å². The topological polar surface area (TPSA) is 34.1 Å². The Hall–Kier alpha value is -1.35. The van der Waals surface area contributed by atoms with Crippen molar-refractivity contribution in [3.05, 3.63) is 70.7 Å². The van der Waals surface area contributed by atoms with E-state index in [1.165, 1.54) is 0 Å². The lowest BCUT2D eigenvalue weighted by molar-refractivity contribution is 0.0926. The van der Waals surface area contributed by atoms with Crippen molar-refractivity contribution in [1.29, 1.82) is 0 Å². The van der Waals surface area contributed by atoms with Crippen molar-refractivity contribution >= 4 is 46.4 Å². The summed E-state index contributed by atoms with van der Waals surface area (Å²) in [5.41, 5.74) is 0.790. The quantitative estimate of drug-likeness (QED) is 0.587. The Morgan fingerprint density at radius 3 is 1.62 bits per heavy atom. The highest BCUT2D eigenvalue weighted by Gasteiger charge is 2.31. The van der Waals surface area contributed by atoms with Gasteiger partial charge in [0.1, 0.15) is 10.8 Å². The molecular formula is C16H11Cl3O2. The summed E-state index contributed by atoms with van der Waals surface area (Å²) in [6, 6.07) is 14.8. The SMILES string of the molecule is O=C(c1ccccc1)[C@@H](Cl)[C@@H](Cl)C(=O)c1ccc(Cl)cc1. The van der Waals surface area contributed by atoms with Gasteiger partial charge in [0.2, 0.25) is 0 Å². The summed E-state index contributed by atoms with van der Waals surface area (Å²) in [6.07, 6.45) is 0. The van der Waals surface area contributed by atoms with Crippen molar-refractivity contribution < 1.29 is 9.59 Å². The van der Waals surface area contributed by atoms with E-state index >= 15 is 0 Å². The van der Waals surface area contributed by atoms with E-state index in [4.69, 9.17) is 34.8 Å². The molecule has 5 heteroatoms. The summed E-state index contributed by atoms with van der Waals surface area (Å²) in [4.78, 5) is 24.4. The number of carbonyl (C=O) groups excluding carboxylic acids is 2. The number of halogens is 3. The van der Waals surface area contributed by atoms with Gasteiger partial charge in [-0.1, -0.05) is 41.9 Å². The van der Waals surface area contributed by atoms with Crippen LogP contribution in [0.5, 0.6) is 0 Å². The molecule has 2 atom stereocenters. The molecule has 0 unspecified atom stereocenters. The fourth-order valence-corrected chi connectivity index (χ4v) is 2.41. The van der Waals surface area contributed by atoms with E-state index in [0.717, 1.165) is 0 Å². The Balaban J connectivity index is 2.15. The molecule has 2 rings (SSSR count). The molecule has 108 valence electrons. The van der Waals surface area contributed by atoms with Crippen LogP contribution in [0.2, 0.25) is 5.02 Å². The normalized spacial score (nSPS) is 13.5. The van der Waals surface area contributed by atoms with Gasteiger partial charge in [-0.3, -0.25) is 9.59 Å². The van der Waals surface area contributed by atoms with Gasteiger partial charge >= 0.3 is 0 Å². The number of rotatable bonds is 5. The number of hydrogen-bond acceptors (Lipinski definition) is 2. The Labute approximate surface area is 137 Å². The third-order valence-electron chi connectivity index (χ3n) is 2.94. The first-order valence-corrected chi connectivity index (χ1v) is 7.43. The van der Waals surface area contributed by atoms with Crippen LogP contribution in [0.25, 0.3) is 0 Å². The minimum Gasteiger partial charge on any atom is -0.292 e. The molecule has 0 bridgehead atoms. The zero-order valence-corrected chi connectivity index (χ0v) is 13.1. The molecular weight excluding hydrogens is 331 g/mol. The number of Topliss-reactive ketones (excluding diaryl/α,β-unsaturated/α-hetero) is 2. The minimum absolute atomic E-state index is 0.367. The van der Waals surface area contributed by atoms with Gasteiger partial charge in [-0.25, -0.2) is 0 Å². The summed E-state index contributed by atoms with van der Waals surface area (Å²) < 4.78 is 0. The van der Waals surface area contributed by atoms with Crippen molar-refractivity contribution in [2.45, 2.75) is 10.8 Å². The number of alkyl halides is 2. The highest BCUT2D eigenvalue weighted by molar-refractivity contribution is 6.46. The molecule has 0 aromatic heterocycles.